The zero-order chi connectivity index (χ0) is 20.3. The molecule has 0 amide bonds. The Hall–Kier alpha value is -1.59. The topological polar surface area (TPSA) is 78.7 Å². The average Bonchev–Trinajstić information content (AvgIpc) is 2.50. The second-order valence-electron chi connectivity index (χ2n) is 6.55. The fourth-order valence-corrected chi connectivity index (χ4v) is 3.58. The van der Waals surface area contributed by atoms with Crippen molar-refractivity contribution in [3.8, 4) is 11.5 Å². The first kappa shape index (κ1) is 22.4. The first-order valence-electron chi connectivity index (χ1n) is 7.59. The van der Waals surface area contributed by atoms with Crippen molar-refractivity contribution in [1.82, 2.24) is 0 Å². The smallest absolute Gasteiger partial charge is 0.485 e. The molecule has 148 valence electrons. The van der Waals surface area contributed by atoms with E-state index in [0.29, 0.717) is 0 Å². The first-order valence-corrected chi connectivity index (χ1v) is 12.4. The van der Waals surface area contributed by atoms with Crippen LogP contribution in [0.15, 0.2) is 12.1 Å². The molecule has 1 aliphatic rings. The zero-order valence-electron chi connectivity index (χ0n) is 15.2. The molecular formula is C15H22F3NO5SSi. The van der Waals surface area contributed by atoms with Crippen LogP contribution in [0, 0.1) is 0 Å². The molecule has 0 unspecified atom stereocenters. The summed E-state index contributed by atoms with van der Waals surface area (Å²) in [4.78, 5) is 0. The van der Waals surface area contributed by atoms with Gasteiger partial charge in [0.1, 0.15) is 12.8 Å². The van der Waals surface area contributed by atoms with Crippen LogP contribution < -0.4 is 9.47 Å². The van der Waals surface area contributed by atoms with Crippen LogP contribution in [0.3, 0.4) is 0 Å². The van der Waals surface area contributed by atoms with Crippen LogP contribution in [-0.2, 0) is 16.5 Å². The van der Waals surface area contributed by atoms with Crippen molar-refractivity contribution in [2.75, 3.05) is 20.8 Å². The van der Waals surface area contributed by atoms with Crippen LogP contribution in [0.4, 0.5) is 13.2 Å². The third kappa shape index (κ3) is 5.71. The van der Waals surface area contributed by atoms with Crippen molar-refractivity contribution in [3.63, 3.8) is 0 Å². The molecule has 1 heterocycles. The summed E-state index contributed by atoms with van der Waals surface area (Å²) in [5.41, 5.74) is -3.03. The SMILES string of the molecule is COc1cc2c(cc1OC)CC[N+]([Si](C)(C)C)=C2.O=S(=O)([O-])C(F)(F)F. The third-order valence-electron chi connectivity index (χ3n) is 3.71. The molecule has 0 atom stereocenters. The van der Waals surface area contributed by atoms with Crippen molar-refractivity contribution >= 4 is 24.6 Å². The Kier molecular flexibility index (Phi) is 6.88. The minimum atomic E-state index is -6.09. The van der Waals surface area contributed by atoms with Crippen LogP contribution in [0.5, 0.6) is 11.5 Å². The summed E-state index contributed by atoms with van der Waals surface area (Å²) in [5, 5.41) is 0. The average molecular weight is 413 g/mol. The van der Waals surface area contributed by atoms with Gasteiger partial charge in [0.2, 0.25) is 0 Å². The van der Waals surface area contributed by atoms with E-state index in [9.17, 15) is 13.2 Å². The van der Waals surface area contributed by atoms with Gasteiger partial charge in [-0.25, -0.2) is 8.42 Å². The number of benzene rings is 1. The fraction of sp³-hybridized carbons (Fsp3) is 0.533. The summed E-state index contributed by atoms with van der Waals surface area (Å²) >= 11 is 0. The van der Waals surface area contributed by atoms with E-state index in [4.69, 9.17) is 22.4 Å². The normalized spacial score (nSPS) is 14.6. The summed E-state index contributed by atoms with van der Waals surface area (Å²) in [5.74, 6) is 1.64. The highest BCUT2D eigenvalue weighted by atomic mass is 32.2. The van der Waals surface area contributed by atoms with E-state index in [-0.39, 0.29) is 0 Å². The molecule has 6 nitrogen and oxygen atoms in total. The molecule has 0 bridgehead atoms. The molecule has 0 spiro atoms. The molecule has 0 saturated heterocycles. The lowest BCUT2D eigenvalue weighted by atomic mass is 10.0. The van der Waals surface area contributed by atoms with Crippen molar-refractivity contribution in [2.45, 2.75) is 31.6 Å². The molecule has 1 aliphatic heterocycles. The van der Waals surface area contributed by atoms with Crippen LogP contribution in [0.1, 0.15) is 11.1 Å². The Labute approximate surface area is 152 Å². The maximum absolute atomic E-state index is 10.7. The third-order valence-corrected chi connectivity index (χ3v) is 6.35. The molecule has 11 heteroatoms. The van der Waals surface area contributed by atoms with E-state index >= 15 is 0 Å². The van der Waals surface area contributed by atoms with E-state index < -0.39 is 23.9 Å². The number of halogens is 3. The first-order chi connectivity index (χ1) is 11.7. The summed E-state index contributed by atoms with van der Waals surface area (Å²) in [6, 6.07) is 4.19. The van der Waals surface area contributed by atoms with Gasteiger partial charge in [0.25, 0.3) is 0 Å². The minimum Gasteiger partial charge on any atom is -0.741 e. The molecule has 0 fully saturated rings. The Balaban J connectivity index is 0.000000359. The van der Waals surface area contributed by atoms with E-state index in [0.717, 1.165) is 24.5 Å². The second-order valence-corrected chi connectivity index (χ2v) is 12.8. The Morgan fingerprint density at radius 3 is 1.96 bits per heavy atom. The van der Waals surface area contributed by atoms with Gasteiger partial charge in [0.15, 0.2) is 21.6 Å². The van der Waals surface area contributed by atoms with Gasteiger partial charge in [0.05, 0.1) is 14.2 Å². The number of alkyl halides is 3. The number of hydrogen-bond acceptors (Lipinski definition) is 5. The monoisotopic (exact) mass is 413 g/mol. The van der Waals surface area contributed by atoms with Gasteiger partial charge in [-0.2, -0.15) is 13.2 Å². The Bertz CT molecular complexity index is 786. The van der Waals surface area contributed by atoms with Gasteiger partial charge in [-0.15, -0.1) is 0 Å². The highest BCUT2D eigenvalue weighted by Crippen LogP contribution is 2.31. The van der Waals surface area contributed by atoms with Crippen molar-refractivity contribution in [3.05, 3.63) is 23.3 Å². The van der Waals surface area contributed by atoms with E-state index in [1.54, 1.807) is 14.2 Å². The van der Waals surface area contributed by atoms with Crippen molar-refractivity contribution in [2.24, 2.45) is 0 Å². The van der Waals surface area contributed by atoms with Gasteiger partial charge in [0, 0.05) is 12.0 Å². The molecule has 0 aromatic heterocycles. The second kappa shape index (κ2) is 7.97. The van der Waals surface area contributed by atoms with Crippen LogP contribution >= 0.6 is 0 Å². The molecule has 1 aromatic carbocycles. The summed E-state index contributed by atoms with van der Waals surface area (Å²) in [6.45, 7) is 8.22. The predicted octanol–water partition coefficient (Wildman–Crippen LogP) is 2.58. The highest BCUT2D eigenvalue weighted by molar-refractivity contribution is 7.86. The molecule has 0 aliphatic carbocycles. The Morgan fingerprint density at radius 1 is 1.12 bits per heavy atom. The summed E-state index contributed by atoms with van der Waals surface area (Å²) in [6.07, 6.45) is 3.36. The molecule has 2 rings (SSSR count). The lowest BCUT2D eigenvalue weighted by Crippen LogP contribution is -2.42. The quantitative estimate of drug-likeness (QED) is 0.432. The summed E-state index contributed by atoms with van der Waals surface area (Å²) < 4.78 is 72.1. The number of ether oxygens (including phenoxy) is 2. The van der Waals surface area contributed by atoms with Crippen molar-refractivity contribution in [1.29, 1.82) is 0 Å². The summed E-state index contributed by atoms with van der Waals surface area (Å²) in [7, 11) is -3.99. The van der Waals surface area contributed by atoms with Crippen LogP contribution in [0.2, 0.25) is 19.6 Å². The number of hydrogen-bond donors (Lipinski definition) is 0. The number of methoxy groups -OCH3 is 2. The molecular weight excluding hydrogens is 391 g/mol. The number of nitrogens with zero attached hydrogens (tertiary/aromatic N) is 1. The van der Waals surface area contributed by atoms with Gasteiger partial charge in [-0.05, 0) is 37.3 Å². The van der Waals surface area contributed by atoms with Crippen molar-refractivity contribution < 1.29 is 39.9 Å². The van der Waals surface area contributed by atoms with Crippen LogP contribution in [-0.4, -0.2) is 57.9 Å². The zero-order valence-corrected chi connectivity index (χ0v) is 17.0. The molecule has 0 radical (unpaired) electrons. The maximum Gasteiger partial charge on any atom is 0.485 e. The lowest BCUT2D eigenvalue weighted by Gasteiger charge is -2.21. The molecule has 1 aromatic rings. The largest absolute Gasteiger partial charge is 0.741 e. The highest BCUT2D eigenvalue weighted by Gasteiger charge is 2.37. The van der Waals surface area contributed by atoms with Gasteiger partial charge in [-0.1, -0.05) is 0 Å². The van der Waals surface area contributed by atoms with Gasteiger partial charge in [-0.3, -0.25) is 0 Å². The van der Waals surface area contributed by atoms with Crippen LogP contribution in [0.25, 0.3) is 0 Å². The molecule has 0 N–H and O–H groups in total. The predicted molar refractivity (Wildman–Crippen MR) is 92.6 cm³/mol. The van der Waals surface area contributed by atoms with E-state index in [1.807, 2.05) is 0 Å². The number of fused-ring (bicyclic) bond motifs is 1. The van der Waals surface area contributed by atoms with Gasteiger partial charge < -0.3 is 18.3 Å². The maximum atomic E-state index is 10.7. The number of rotatable bonds is 3. The minimum absolute atomic E-state index is 0.810. The van der Waals surface area contributed by atoms with Gasteiger partial charge >= 0.3 is 13.7 Å². The lowest BCUT2D eigenvalue weighted by molar-refractivity contribution is -0.394. The standard InChI is InChI=1S/C14H22NO2Si.CHF3O3S/c1-16-13-8-11-6-7-15(18(3,4)5)10-12(11)9-14(13)17-2;2-1(3,4)8(5,6)7/h8-10H,6-7H2,1-5H3;(H,5,6,7)/q+1;/p-1. The van der Waals surface area contributed by atoms with E-state index in [2.05, 4.69) is 42.2 Å². The van der Waals surface area contributed by atoms with E-state index in [1.165, 1.54) is 11.1 Å². The molecule has 0 saturated carbocycles. The Morgan fingerprint density at radius 2 is 1.58 bits per heavy atom. The fourth-order valence-electron chi connectivity index (χ4n) is 2.28. The molecule has 26 heavy (non-hydrogen) atoms.